The normalized spacial score (nSPS) is 25.6. The monoisotopic (exact) mass is 1010 g/mol. The topological polar surface area (TPSA) is 218 Å². The van der Waals surface area contributed by atoms with E-state index in [1.807, 2.05) is 77.9 Å². The zero-order chi connectivity index (χ0) is 54.3. The molecule has 18 heteroatoms. The van der Waals surface area contributed by atoms with E-state index in [-0.39, 0.29) is 49.9 Å². The molecule has 18 nitrogen and oxygen atoms in total. The number of piperidine rings is 1. The lowest BCUT2D eigenvalue weighted by Crippen LogP contribution is -2.61. The van der Waals surface area contributed by atoms with Gasteiger partial charge in [-0.05, 0) is 81.3 Å². The minimum Gasteiger partial charge on any atom is -0.345 e. The van der Waals surface area contributed by atoms with Gasteiger partial charge in [-0.1, -0.05) is 102 Å². The van der Waals surface area contributed by atoms with Crippen molar-refractivity contribution in [2.24, 2.45) is 17.8 Å². The van der Waals surface area contributed by atoms with Gasteiger partial charge in [0.25, 0.3) is 0 Å². The van der Waals surface area contributed by atoms with Crippen LogP contribution >= 0.6 is 0 Å². The van der Waals surface area contributed by atoms with Gasteiger partial charge < -0.3 is 45.8 Å². The van der Waals surface area contributed by atoms with Gasteiger partial charge in [0.1, 0.15) is 48.3 Å². The number of carbonyl (C=O) groups excluding carboxylic acids is 9. The Morgan fingerprint density at radius 3 is 1.37 bits per heavy atom. The Kier molecular flexibility index (Phi) is 22.4. The molecule has 4 rings (SSSR count). The van der Waals surface area contributed by atoms with E-state index >= 15 is 0 Å². The number of likely N-dealkylation sites (tertiary alicyclic amines) is 1. The van der Waals surface area contributed by atoms with Gasteiger partial charge in [0.15, 0.2) is 0 Å². The van der Waals surface area contributed by atoms with E-state index in [1.165, 1.54) is 61.6 Å². The largest absolute Gasteiger partial charge is 0.345 e. The quantitative estimate of drug-likeness (QED) is 0.259. The van der Waals surface area contributed by atoms with Crippen LogP contribution in [0.1, 0.15) is 111 Å². The van der Waals surface area contributed by atoms with Crippen molar-refractivity contribution in [3.63, 3.8) is 0 Å². The number of carbonyl (C=O) groups is 9. The van der Waals surface area contributed by atoms with Crippen LogP contribution in [-0.2, 0) is 56.0 Å². The third-order valence-electron chi connectivity index (χ3n) is 13.9. The third-order valence-corrected chi connectivity index (χ3v) is 13.9. The van der Waals surface area contributed by atoms with Crippen LogP contribution < -0.4 is 21.3 Å². The van der Waals surface area contributed by atoms with Crippen molar-refractivity contribution in [3.05, 3.63) is 71.8 Å². The minimum absolute atomic E-state index is 0.0139. The van der Waals surface area contributed by atoms with Crippen LogP contribution in [0.2, 0.25) is 0 Å². The molecule has 2 aromatic carbocycles. The Bertz CT molecular complexity index is 2220. The summed E-state index contributed by atoms with van der Waals surface area (Å²) in [4.78, 5) is 138. The van der Waals surface area contributed by atoms with Gasteiger partial charge >= 0.3 is 0 Å². The maximum Gasteiger partial charge on any atom is 0.245 e. The van der Waals surface area contributed by atoms with Crippen LogP contribution in [0.25, 0.3) is 0 Å². The average molecular weight is 1010 g/mol. The van der Waals surface area contributed by atoms with E-state index < -0.39 is 108 Å². The summed E-state index contributed by atoms with van der Waals surface area (Å²) in [5, 5.41) is 11.1. The summed E-state index contributed by atoms with van der Waals surface area (Å²) in [6.07, 6.45) is 2.49. The van der Waals surface area contributed by atoms with Crippen LogP contribution in [0.5, 0.6) is 0 Å². The molecule has 73 heavy (non-hydrogen) atoms. The van der Waals surface area contributed by atoms with Crippen molar-refractivity contribution in [1.29, 1.82) is 0 Å². The fourth-order valence-electron chi connectivity index (χ4n) is 9.58. The number of hydrogen-bond acceptors (Lipinski definition) is 9. The summed E-state index contributed by atoms with van der Waals surface area (Å²) < 4.78 is 0. The molecule has 2 aliphatic rings. The molecule has 2 heterocycles. The van der Waals surface area contributed by atoms with Gasteiger partial charge in [0, 0.05) is 54.1 Å². The number of nitrogens with one attached hydrogen (secondary N) is 4. The molecule has 0 unspecified atom stereocenters. The van der Waals surface area contributed by atoms with E-state index in [4.69, 9.17) is 0 Å². The molecular formula is C55H83N9O9. The van der Waals surface area contributed by atoms with Crippen LogP contribution in [0.4, 0.5) is 0 Å². The molecule has 8 atom stereocenters. The van der Waals surface area contributed by atoms with Gasteiger partial charge in [-0.3, -0.25) is 43.2 Å². The van der Waals surface area contributed by atoms with Gasteiger partial charge in [-0.2, -0.15) is 0 Å². The van der Waals surface area contributed by atoms with Crippen molar-refractivity contribution in [2.45, 2.75) is 162 Å². The van der Waals surface area contributed by atoms with E-state index in [0.717, 1.165) is 24.8 Å². The summed E-state index contributed by atoms with van der Waals surface area (Å²) in [6.45, 7) is 15.2. The van der Waals surface area contributed by atoms with Gasteiger partial charge in [0.05, 0.1) is 6.42 Å². The zero-order valence-corrected chi connectivity index (χ0v) is 45.3. The second-order valence-corrected chi connectivity index (χ2v) is 21.4. The van der Waals surface area contributed by atoms with Crippen molar-refractivity contribution >= 4 is 53.2 Å². The summed E-state index contributed by atoms with van der Waals surface area (Å²) in [7, 11) is 5.92. The van der Waals surface area contributed by atoms with Crippen molar-refractivity contribution in [1.82, 2.24) is 45.8 Å². The Balaban J connectivity index is 1.87. The molecule has 2 fully saturated rings. The number of rotatable bonds is 11. The molecule has 402 valence electrons. The highest BCUT2D eigenvalue weighted by molar-refractivity contribution is 5.99. The molecular weight excluding hydrogens is 931 g/mol. The molecule has 0 aliphatic carbocycles. The minimum atomic E-state index is -1.39. The molecule has 0 spiro atoms. The predicted molar refractivity (Wildman–Crippen MR) is 279 cm³/mol. The maximum absolute atomic E-state index is 15.0. The molecule has 0 radical (unpaired) electrons. The molecule has 0 saturated carbocycles. The van der Waals surface area contributed by atoms with E-state index in [9.17, 15) is 43.2 Å². The Morgan fingerprint density at radius 2 is 0.918 bits per heavy atom. The van der Waals surface area contributed by atoms with E-state index in [0.29, 0.717) is 18.7 Å². The Morgan fingerprint density at radius 1 is 0.493 bits per heavy atom. The molecule has 2 aliphatic heterocycles. The van der Waals surface area contributed by atoms with Crippen LogP contribution in [-0.4, -0.2) is 167 Å². The molecule has 4 N–H and O–H groups in total. The van der Waals surface area contributed by atoms with Crippen LogP contribution in [0.3, 0.4) is 0 Å². The fraction of sp³-hybridized carbons (Fsp3) is 0.618. The molecule has 9 amide bonds. The van der Waals surface area contributed by atoms with Crippen molar-refractivity contribution in [2.75, 3.05) is 41.3 Å². The summed E-state index contributed by atoms with van der Waals surface area (Å²) >= 11 is 0. The van der Waals surface area contributed by atoms with Gasteiger partial charge in [-0.15, -0.1) is 0 Å². The van der Waals surface area contributed by atoms with E-state index in [2.05, 4.69) is 21.3 Å². The third kappa shape index (κ3) is 16.9. The second-order valence-electron chi connectivity index (χ2n) is 21.4. The first kappa shape index (κ1) is 59.2. The fourth-order valence-corrected chi connectivity index (χ4v) is 9.58. The lowest BCUT2D eigenvalue weighted by molar-refractivity contribution is -0.151. The van der Waals surface area contributed by atoms with Crippen LogP contribution in [0.15, 0.2) is 60.7 Å². The summed E-state index contributed by atoms with van der Waals surface area (Å²) in [5.41, 5.74) is 1.43. The molecule has 0 aromatic heterocycles. The first-order chi connectivity index (χ1) is 34.4. The van der Waals surface area contributed by atoms with E-state index in [1.54, 1.807) is 29.2 Å². The molecule has 0 bridgehead atoms. The van der Waals surface area contributed by atoms with Gasteiger partial charge in [0.2, 0.25) is 53.2 Å². The standard InChI is InChI=1S/C55H83N9O9/c1-34(2)28-41-52(70)63(12)46(30-36(5)6)55(73)60(9)43(31-39-22-16-13-17-23-39)49(67)57-38(8)51(69)62(11)45(29-35(3)4)54(72)61(10)44(32-40-24-18-14-19-25-40)50(68)59-42(53(71)64-26-20-15-21-27-64)33-47(65)56-37(7)48(66)58-41/h13-14,16-19,22-25,34-38,41-46H,15,20-21,26-33H2,1-12H3,(H,56,65)(H,57,67)(H,58,66)(H,59,68)/t37-,38-,41-,42-,43-,44-,45-,46-/m0/s1. The SMILES string of the molecule is CC(C)C[C@@H]1NC(=O)[C@H](C)NC(=O)C[C@@H](C(=O)N2CCCCC2)NC(=O)[C@H](Cc2ccccc2)N(C)C(=O)[C@H](CC(C)C)N(C)C(=O)[C@H](C)NC(=O)[C@H](Cc2ccccc2)N(C)C(=O)[C@H](CC(C)C)N(C)C1=O. The maximum atomic E-state index is 15.0. The smallest absolute Gasteiger partial charge is 0.245 e. The predicted octanol–water partition coefficient (Wildman–Crippen LogP) is 3.31. The number of amides is 9. The summed E-state index contributed by atoms with van der Waals surface area (Å²) in [5.74, 6) is -5.83. The first-order valence-electron chi connectivity index (χ1n) is 26.0. The van der Waals surface area contributed by atoms with Crippen LogP contribution in [0, 0.1) is 17.8 Å². The Labute approximate surface area is 433 Å². The second kappa shape index (κ2) is 27.6. The van der Waals surface area contributed by atoms with Crippen molar-refractivity contribution < 1.29 is 43.2 Å². The number of likely N-dealkylation sites (N-methyl/N-ethyl adjacent to an activating group) is 4. The highest BCUT2D eigenvalue weighted by atomic mass is 16.2. The van der Waals surface area contributed by atoms with Crippen molar-refractivity contribution in [3.8, 4) is 0 Å². The lowest BCUT2D eigenvalue weighted by Gasteiger charge is -2.38. The summed E-state index contributed by atoms with van der Waals surface area (Å²) in [6, 6.07) is 8.60. The average Bonchev–Trinajstić information content (AvgIpc) is 3.35. The molecule has 2 saturated heterocycles. The zero-order valence-electron chi connectivity index (χ0n) is 45.3. The number of benzene rings is 2. The van der Waals surface area contributed by atoms with Gasteiger partial charge in [-0.25, -0.2) is 0 Å². The Hall–Kier alpha value is -6.33. The first-order valence-corrected chi connectivity index (χ1v) is 26.0. The number of nitrogens with zero attached hydrogens (tertiary/aromatic N) is 5. The lowest BCUT2D eigenvalue weighted by atomic mass is 9.97. The number of hydrogen-bond donors (Lipinski definition) is 4. The highest BCUT2D eigenvalue weighted by Gasteiger charge is 2.42. The highest BCUT2D eigenvalue weighted by Crippen LogP contribution is 2.22. The molecule has 2 aromatic rings.